The molecule has 0 bridgehead atoms. The van der Waals surface area contributed by atoms with Crippen molar-refractivity contribution in [2.75, 3.05) is 67.8 Å². The first-order valence-corrected chi connectivity index (χ1v) is 42.2. The monoisotopic (exact) mass is 1720 g/mol. The van der Waals surface area contributed by atoms with Gasteiger partial charge in [0.1, 0.15) is 47.9 Å². The molecular formula is C90H112F4N12O18. The normalized spacial score (nSPS) is 20.2. The van der Waals surface area contributed by atoms with E-state index in [0.717, 1.165) is 53.6 Å². The highest BCUT2D eigenvalue weighted by atomic mass is 19.3. The third-order valence-corrected chi connectivity index (χ3v) is 24.8. The van der Waals surface area contributed by atoms with Gasteiger partial charge in [-0.25, -0.2) is 56.3 Å². The molecule has 4 saturated heterocycles. The molecule has 4 aromatic carbocycles. The Bertz CT molecular complexity index is 4830. The number of rotatable bonds is 26. The fourth-order valence-corrected chi connectivity index (χ4v) is 17.5. The van der Waals surface area contributed by atoms with Crippen molar-refractivity contribution in [3.05, 3.63) is 132 Å². The zero-order valence-corrected chi connectivity index (χ0v) is 72.0. The Morgan fingerprint density at radius 2 is 0.710 bits per heavy atom. The first-order valence-electron chi connectivity index (χ1n) is 42.2. The number of ketones is 2. The third-order valence-electron chi connectivity index (χ3n) is 24.8. The van der Waals surface area contributed by atoms with Crippen LogP contribution in [0.15, 0.2) is 109 Å². The van der Waals surface area contributed by atoms with Gasteiger partial charge in [-0.2, -0.15) is 0 Å². The van der Waals surface area contributed by atoms with Crippen molar-refractivity contribution < 1.29 is 104 Å². The molecule has 668 valence electrons. The molecule has 6 aromatic rings. The highest BCUT2D eigenvalue weighted by molar-refractivity contribution is 6.00. The molecule has 8 amide bonds. The van der Waals surface area contributed by atoms with Gasteiger partial charge in [-0.05, 0) is 132 Å². The Labute approximate surface area is 717 Å². The van der Waals surface area contributed by atoms with E-state index in [1.165, 1.54) is 31.1 Å². The van der Waals surface area contributed by atoms with E-state index in [-0.39, 0.29) is 98.2 Å². The number of aromatic nitrogens is 4. The molecule has 12 rings (SSSR count). The highest BCUT2D eigenvalue weighted by Gasteiger charge is 2.56. The molecule has 4 aliphatic heterocycles. The highest BCUT2D eigenvalue weighted by Crippen LogP contribution is 2.55. The Balaban J connectivity index is 0.000000241. The van der Waals surface area contributed by atoms with Gasteiger partial charge in [0, 0.05) is 63.0 Å². The maximum atomic E-state index is 14.3. The molecule has 2 spiro atoms. The Kier molecular flexibility index (Phi) is 29.9. The van der Waals surface area contributed by atoms with E-state index in [9.17, 15) is 75.1 Å². The van der Waals surface area contributed by atoms with E-state index in [1.54, 1.807) is 98.4 Å². The number of methoxy groups -OCH3 is 4. The van der Waals surface area contributed by atoms with E-state index in [2.05, 4.69) is 45.7 Å². The molecule has 0 radical (unpaired) electrons. The minimum Gasteiger partial charge on any atom is -0.456 e. The Hall–Kier alpha value is -11.7. The lowest BCUT2D eigenvalue weighted by atomic mass is 9.71. The van der Waals surface area contributed by atoms with Crippen molar-refractivity contribution in [1.29, 1.82) is 0 Å². The number of Topliss-reactive ketones (excluding diaryl/α,β-unsaturated/α-hetero) is 2. The summed E-state index contributed by atoms with van der Waals surface area (Å²) in [5.74, 6) is -9.38. The molecule has 2 saturated carbocycles. The molecule has 124 heavy (non-hydrogen) atoms. The molecule has 8 atom stereocenters. The van der Waals surface area contributed by atoms with Crippen LogP contribution in [0.1, 0.15) is 190 Å². The number of hydrogen-bond acceptors (Lipinski definition) is 20. The summed E-state index contributed by atoms with van der Waals surface area (Å²) < 4.78 is 86.6. The molecule has 6 aliphatic rings. The maximum Gasteiger partial charge on any atom is 0.407 e. The molecule has 6 fully saturated rings. The van der Waals surface area contributed by atoms with Gasteiger partial charge in [0.05, 0.1) is 64.3 Å². The number of likely N-dealkylation sites (tertiary alicyclic amines) is 4. The second-order valence-corrected chi connectivity index (χ2v) is 34.6. The summed E-state index contributed by atoms with van der Waals surface area (Å²) in [5, 5.41) is 10.4. The van der Waals surface area contributed by atoms with Crippen LogP contribution in [-0.2, 0) is 57.2 Å². The first-order chi connectivity index (χ1) is 58.9. The number of amides is 8. The van der Waals surface area contributed by atoms with Crippen molar-refractivity contribution in [3.63, 3.8) is 0 Å². The summed E-state index contributed by atoms with van der Waals surface area (Å²) in [6.07, 6.45) is 3.16. The van der Waals surface area contributed by atoms with Crippen LogP contribution in [0.2, 0.25) is 0 Å². The van der Waals surface area contributed by atoms with Gasteiger partial charge in [0.15, 0.2) is 24.8 Å². The van der Waals surface area contributed by atoms with E-state index >= 15 is 0 Å². The molecule has 34 heteroatoms. The largest absolute Gasteiger partial charge is 0.456 e. The van der Waals surface area contributed by atoms with Crippen LogP contribution in [0.4, 0.5) is 36.7 Å². The van der Waals surface area contributed by atoms with Gasteiger partial charge in [0.25, 0.3) is 0 Å². The number of aromatic amines is 2. The average molecular weight is 1730 g/mol. The molecule has 6 heterocycles. The van der Waals surface area contributed by atoms with E-state index < -0.39 is 144 Å². The predicted molar refractivity (Wildman–Crippen MR) is 445 cm³/mol. The summed E-state index contributed by atoms with van der Waals surface area (Å²) in [6.45, 7) is 14.4. The summed E-state index contributed by atoms with van der Waals surface area (Å²) in [7, 11) is 4.86. The first kappa shape index (κ1) is 93.0. The summed E-state index contributed by atoms with van der Waals surface area (Å²) >= 11 is 0. The number of ether oxygens (including phenoxy) is 6. The second kappa shape index (κ2) is 39.8. The number of hydrogen-bond donors (Lipinski definition) is 6. The van der Waals surface area contributed by atoms with Crippen molar-refractivity contribution in [1.82, 2.24) is 60.8 Å². The number of carbonyl (C=O) groups is 12. The topological polar surface area (TPSA) is 379 Å². The Morgan fingerprint density at radius 3 is 1.10 bits per heavy atom. The molecule has 2 aromatic heterocycles. The number of alkyl carbamates (subject to hydrolysis) is 4. The average Bonchev–Trinajstić information content (AvgIpc) is 1.58. The van der Waals surface area contributed by atoms with Gasteiger partial charge in [-0.1, -0.05) is 152 Å². The number of carbonyl (C=O) groups excluding carboxylic acids is 12. The van der Waals surface area contributed by atoms with Crippen molar-refractivity contribution >= 4 is 71.5 Å². The standard InChI is InChI=1S/C45H56F2N8O6.C45H56F2N4O12/c1-26(2)36(52-42(58)60-5)40(56)54-21-7-8-34(54)38-48-23-32(50-38)30-13-9-28(10-14-30)29-11-15-31(16-12-29)33-24-49-39(51-33)35-22-44(17-19-45(46,47)20-18-44)25-55(35)41(57)37(27(3)4)53-43(59)61-6;1-26(2)36(48-42(58)60-5)38(54)50-21-7-8-32(50)40(56)62-23-34(52)30-13-9-28(10-14-30)29-11-15-31(16-12-29)35(53)24-63-41(57)33-22-44(17-19-45(46,47)20-18-44)25-51(33)39(55)37(27(3)4)49-43(59)61-6/h9-16,23-24,26-27,34-37H,7-8,17-22,25H2,1-6H3,(H,48,50)(H,49,51)(H,52,58)(H,53,59);9-16,26-27,32-33,36-37H,7-8,17-25H2,1-6H3,(H,48,58)(H,49,59)/t34-,35-,36-,37-;32-,33-,36-,37-/m00/s1. The predicted octanol–water partition coefficient (Wildman–Crippen LogP) is 13.4. The summed E-state index contributed by atoms with van der Waals surface area (Å²) in [6, 6.07) is 22.8. The molecule has 2 aliphatic carbocycles. The van der Waals surface area contributed by atoms with Crippen molar-refractivity contribution in [2.24, 2.45) is 34.5 Å². The molecular weight excluding hydrogens is 1610 g/mol. The minimum absolute atomic E-state index is 0.0211. The smallest absolute Gasteiger partial charge is 0.407 e. The van der Waals surface area contributed by atoms with Crippen LogP contribution in [0.3, 0.4) is 0 Å². The van der Waals surface area contributed by atoms with Crippen LogP contribution in [0, 0.1) is 34.5 Å². The molecule has 6 N–H and O–H groups in total. The van der Waals surface area contributed by atoms with Crippen molar-refractivity contribution in [3.8, 4) is 44.8 Å². The quantitative estimate of drug-likeness (QED) is 0.0127. The fourth-order valence-electron chi connectivity index (χ4n) is 17.5. The van der Waals surface area contributed by atoms with Crippen LogP contribution in [-0.4, -0.2) is 227 Å². The number of nitrogens with one attached hydrogen (secondary N) is 6. The van der Waals surface area contributed by atoms with Gasteiger partial charge in [0.2, 0.25) is 35.5 Å². The summed E-state index contributed by atoms with van der Waals surface area (Å²) in [5.41, 5.74) is 6.11. The van der Waals surface area contributed by atoms with Crippen LogP contribution in [0.25, 0.3) is 44.8 Å². The van der Waals surface area contributed by atoms with E-state index in [1.807, 2.05) is 76.2 Å². The van der Waals surface area contributed by atoms with Gasteiger partial charge in [-0.3, -0.25) is 28.8 Å². The van der Waals surface area contributed by atoms with Gasteiger partial charge < -0.3 is 79.3 Å². The maximum absolute atomic E-state index is 14.3. The van der Waals surface area contributed by atoms with Crippen LogP contribution in [0.5, 0.6) is 0 Å². The molecule has 30 nitrogen and oxygen atoms in total. The lowest BCUT2D eigenvalue weighted by Crippen LogP contribution is -2.54. The zero-order valence-electron chi connectivity index (χ0n) is 72.0. The van der Waals surface area contributed by atoms with Crippen LogP contribution >= 0.6 is 0 Å². The van der Waals surface area contributed by atoms with E-state index in [4.69, 9.17) is 23.9 Å². The number of halogens is 4. The number of alkyl halides is 4. The Morgan fingerprint density at radius 1 is 0.395 bits per heavy atom. The van der Waals surface area contributed by atoms with Crippen molar-refractivity contribution in [2.45, 2.75) is 205 Å². The second-order valence-electron chi connectivity index (χ2n) is 34.6. The zero-order chi connectivity index (χ0) is 89.9. The summed E-state index contributed by atoms with van der Waals surface area (Å²) in [4.78, 5) is 178. The minimum atomic E-state index is -2.84. The van der Waals surface area contributed by atoms with Gasteiger partial charge >= 0.3 is 36.3 Å². The number of H-pyrrole nitrogens is 2. The third kappa shape index (κ3) is 22.1. The fraction of sp³-hybridized carbons (Fsp3) is 0.533. The SMILES string of the molecule is COC(=O)N[C@H](C(=O)N1CCC[C@H]1C(=O)OCC(=O)c1ccc(-c2ccc(C(=O)COC(=O)[C@@H]3CC4(CCC(F)(F)CC4)CN3C(=O)[C@@H](NC(=O)OC)C(C)C)cc2)cc1)C(C)C.COC(=O)N[C@H](C(=O)N1CCC[C@H]1c1ncc(-c2ccc(-c3ccc(-c4cnc([C@@H]5CC6(CCC(F)(F)CC6)CN5C(=O)[C@@H](NC(=O)OC)C(C)C)[nH]4)cc3)cc2)[nH]1)C(C)C. The number of benzene rings is 4. The van der Waals surface area contributed by atoms with E-state index in [0.29, 0.717) is 74.5 Å². The number of imidazole rings is 2. The lowest BCUT2D eigenvalue weighted by Gasteiger charge is -2.37. The number of esters is 2. The molecule has 0 unspecified atom stereocenters. The van der Waals surface area contributed by atoms with Crippen LogP contribution < -0.4 is 21.3 Å². The van der Waals surface area contributed by atoms with Gasteiger partial charge in [-0.15, -0.1) is 0 Å². The lowest BCUT2D eigenvalue weighted by molar-refractivity contribution is -0.153. The number of nitrogens with zero attached hydrogens (tertiary/aromatic N) is 6.